The normalized spacial score (nSPS) is 19.7. The summed E-state index contributed by atoms with van der Waals surface area (Å²) in [7, 11) is 0. The lowest BCUT2D eigenvalue weighted by atomic mass is 10.3. The molecule has 0 saturated carbocycles. The topological polar surface area (TPSA) is 80.5 Å². The van der Waals surface area contributed by atoms with E-state index in [2.05, 4.69) is 22.0 Å². The standard InChI is InChI=1S/C11H18N4O3S/c1-3-14-10(15-4-5-18-6-8(15)2)12-13-11(14)19-7-9(16)17/h8H,3-7H2,1-2H3,(H,16,17). The van der Waals surface area contributed by atoms with E-state index in [0.717, 1.165) is 12.5 Å². The molecule has 1 aromatic rings. The van der Waals surface area contributed by atoms with Gasteiger partial charge in [0.15, 0.2) is 5.16 Å². The number of carboxylic acids is 1. The summed E-state index contributed by atoms with van der Waals surface area (Å²) in [6.07, 6.45) is 0. The Labute approximate surface area is 115 Å². The Morgan fingerprint density at radius 3 is 3.00 bits per heavy atom. The largest absolute Gasteiger partial charge is 0.481 e. The number of carbonyl (C=O) groups is 1. The van der Waals surface area contributed by atoms with E-state index >= 15 is 0 Å². The van der Waals surface area contributed by atoms with Gasteiger partial charge in [0.25, 0.3) is 0 Å². The monoisotopic (exact) mass is 286 g/mol. The molecule has 1 atom stereocenters. The lowest BCUT2D eigenvalue weighted by Gasteiger charge is -2.33. The lowest BCUT2D eigenvalue weighted by molar-refractivity contribution is -0.133. The van der Waals surface area contributed by atoms with Crippen LogP contribution in [-0.4, -0.2) is 57.4 Å². The van der Waals surface area contributed by atoms with Crippen LogP contribution in [0.4, 0.5) is 5.95 Å². The van der Waals surface area contributed by atoms with Crippen molar-refractivity contribution < 1.29 is 14.6 Å². The van der Waals surface area contributed by atoms with Gasteiger partial charge in [0.2, 0.25) is 5.95 Å². The number of carboxylic acid groups (broad SMARTS) is 1. The van der Waals surface area contributed by atoms with Gasteiger partial charge in [0.05, 0.1) is 25.0 Å². The fraction of sp³-hybridized carbons (Fsp3) is 0.727. The predicted octanol–water partition coefficient (Wildman–Crippen LogP) is 0.700. The summed E-state index contributed by atoms with van der Waals surface area (Å²) in [4.78, 5) is 12.8. The molecule has 1 fully saturated rings. The van der Waals surface area contributed by atoms with Crippen LogP contribution in [0.25, 0.3) is 0 Å². The molecule has 1 aliphatic rings. The second-order valence-electron chi connectivity index (χ2n) is 4.33. The molecular formula is C11H18N4O3S. The summed E-state index contributed by atoms with van der Waals surface area (Å²) >= 11 is 1.20. The molecule has 7 nitrogen and oxygen atoms in total. The Balaban J connectivity index is 2.18. The molecule has 1 N–H and O–H groups in total. The van der Waals surface area contributed by atoms with Crippen molar-refractivity contribution in [3.63, 3.8) is 0 Å². The molecule has 8 heteroatoms. The zero-order chi connectivity index (χ0) is 13.8. The average molecular weight is 286 g/mol. The minimum absolute atomic E-state index is 0.00318. The van der Waals surface area contributed by atoms with Gasteiger partial charge in [-0.2, -0.15) is 0 Å². The van der Waals surface area contributed by atoms with Crippen LogP contribution in [0.5, 0.6) is 0 Å². The number of morpholine rings is 1. The summed E-state index contributed by atoms with van der Waals surface area (Å²) in [5.41, 5.74) is 0. The maximum atomic E-state index is 10.6. The molecule has 0 spiro atoms. The number of hydrogen-bond acceptors (Lipinski definition) is 6. The second kappa shape index (κ2) is 6.25. The summed E-state index contributed by atoms with van der Waals surface area (Å²) in [6, 6.07) is 0.251. The van der Waals surface area contributed by atoms with Crippen LogP contribution >= 0.6 is 11.8 Å². The molecule has 0 radical (unpaired) electrons. The van der Waals surface area contributed by atoms with Gasteiger partial charge in [-0.3, -0.25) is 9.36 Å². The van der Waals surface area contributed by atoms with Crippen molar-refractivity contribution in [2.45, 2.75) is 31.6 Å². The molecule has 0 bridgehead atoms. The molecule has 1 unspecified atom stereocenters. The van der Waals surface area contributed by atoms with Crippen LogP contribution in [-0.2, 0) is 16.1 Å². The zero-order valence-corrected chi connectivity index (χ0v) is 11.9. The maximum Gasteiger partial charge on any atom is 0.313 e. The first kappa shape index (κ1) is 14.1. The van der Waals surface area contributed by atoms with Crippen molar-refractivity contribution in [3.8, 4) is 0 Å². The molecule has 0 amide bonds. The van der Waals surface area contributed by atoms with E-state index in [1.807, 2.05) is 11.5 Å². The van der Waals surface area contributed by atoms with Gasteiger partial charge in [-0.25, -0.2) is 0 Å². The number of ether oxygens (including phenoxy) is 1. The molecule has 1 saturated heterocycles. The van der Waals surface area contributed by atoms with Crippen molar-refractivity contribution in [2.75, 3.05) is 30.4 Å². The number of thioether (sulfide) groups is 1. The summed E-state index contributed by atoms with van der Waals surface area (Å²) in [5, 5.41) is 17.7. The fourth-order valence-corrected chi connectivity index (χ4v) is 2.75. The fourth-order valence-electron chi connectivity index (χ4n) is 2.03. The third kappa shape index (κ3) is 3.19. The first-order chi connectivity index (χ1) is 9.13. The number of aromatic nitrogens is 3. The van der Waals surface area contributed by atoms with Gasteiger partial charge in [0.1, 0.15) is 0 Å². The van der Waals surface area contributed by atoms with Crippen LogP contribution < -0.4 is 4.90 Å². The molecule has 0 aromatic carbocycles. The first-order valence-electron chi connectivity index (χ1n) is 6.25. The van der Waals surface area contributed by atoms with Gasteiger partial charge in [-0.1, -0.05) is 11.8 Å². The SMILES string of the molecule is CCn1c(SCC(=O)O)nnc1N1CCOCC1C. The quantitative estimate of drug-likeness (QED) is 0.798. The highest BCUT2D eigenvalue weighted by Crippen LogP contribution is 2.24. The number of nitrogens with zero attached hydrogens (tertiary/aromatic N) is 4. The summed E-state index contributed by atoms with van der Waals surface area (Å²) in [5.74, 6) is -0.0558. The van der Waals surface area contributed by atoms with E-state index < -0.39 is 5.97 Å². The van der Waals surface area contributed by atoms with Crippen LogP contribution in [0.1, 0.15) is 13.8 Å². The Morgan fingerprint density at radius 1 is 1.58 bits per heavy atom. The van der Waals surface area contributed by atoms with Crippen LogP contribution in [0, 0.1) is 0 Å². The summed E-state index contributed by atoms with van der Waals surface area (Å²) in [6.45, 7) is 6.94. The predicted molar refractivity (Wildman–Crippen MR) is 71.7 cm³/mol. The second-order valence-corrected chi connectivity index (χ2v) is 5.27. The molecule has 1 aromatic heterocycles. The molecule has 2 heterocycles. The lowest BCUT2D eigenvalue weighted by Crippen LogP contribution is -2.45. The van der Waals surface area contributed by atoms with Crippen LogP contribution in [0.3, 0.4) is 0 Å². The Bertz CT molecular complexity index is 451. The van der Waals surface area contributed by atoms with Crippen LogP contribution in [0.2, 0.25) is 0 Å². The van der Waals surface area contributed by atoms with Crippen molar-refractivity contribution >= 4 is 23.7 Å². The first-order valence-corrected chi connectivity index (χ1v) is 7.24. The Kier molecular flexibility index (Phi) is 4.65. The third-order valence-corrected chi connectivity index (χ3v) is 3.91. The van der Waals surface area contributed by atoms with E-state index in [1.165, 1.54) is 11.8 Å². The molecular weight excluding hydrogens is 268 g/mol. The van der Waals surface area contributed by atoms with E-state index in [0.29, 0.717) is 24.9 Å². The van der Waals surface area contributed by atoms with Crippen molar-refractivity contribution in [1.82, 2.24) is 14.8 Å². The number of hydrogen-bond donors (Lipinski definition) is 1. The van der Waals surface area contributed by atoms with Crippen molar-refractivity contribution in [1.29, 1.82) is 0 Å². The zero-order valence-electron chi connectivity index (χ0n) is 11.1. The molecule has 0 aliphatic carbocycles. The van der Waals surface area contributed by atoms with E-state index in [1.54, 1.807) is 0 Å². The van der Waals surface area contributed by atoms with Crippen LogP contribution in [0.15, 0.2) is 5.16 Å². The van der Waals surface area contributed by atoms with Gasteiger partial charge in [0, 0.05) is 13.1 Å². The van der Waals surface area contributed by atoms with Gasteiger partial charge < -0.3 is 14.7 Å². The highest BCUT2D eigenvalue weighted by molar-refractivity contribution is 7.99. The van der Waals surface area contributed by atoms with Gasteiger partial charge >= 0.3 is 5.97 Å². The molecule has 19 heavy (non-hydrogen) atoms. The third-order valence-electron chi connectivity index (χ3n) is 2.96. The summed E-state index contributed by atoms with van der Waals surface area (Å²) < 4.78 is 7.36. The highest BCUT2D eigenvalue weighted by Gasteiger charge is 2.25. The minimum atomic E-state index is -0.850. The van der Waals surface area contributed by atoms with E-state index in [9.17, 15) is 4.79 Å². The van der Waals surface area contributed by atoms with Gasteiger partial charge in [-0.05, 0) is 13.8 Å². The highest BCUT2D eigenvalue weighted by atomic mass is 32.2. The molecule has 2 rings (SSSR count). The minimum Gasteiger partial charge on any atom is -0.481 e. The van der Waals surface area contributed by atoms with Crippen molar-refractivity contribution in [3.05, 3.63) is 0 Å². The van der Waals surface area contributed by atoms with Crippen molar-refractivity contribution in [2.24, 2.45) is 0 Å². The molecule has 1 aliphatic heterocycles. The number of aliphatic carboxylic acids is 1. The smallest absolute Gasteiger partial charge is 0.313 e. The molecule has 106 valence electrons. The maximum absolute atomic E-state index is 10.6. The van der Waals surface area contributed by atoms with Gasteiger partial charge in [-0.15, -0.1) is 10.2 Å². The number of anilines is 1. The number of rotatable bonds is 5. The Hall–Kier alpha value is -1.28. The van der Waals surface area contributed by atoms with E-state index in [-0.39, 0.29) is 11.8 Å². The Morgan fingerprint density at radius 2 is 2.37 bits per heavy atom. The average Bonchev–Trinajstić information content (AvgIpc) is 2.79. The van der Waals surface area contributed by atoms with E-state index in [4.69, 9.17) is 9.84 Å².